The van der Waals surface area contributed by atoms with Crippen LogP contribution in [0.25, 0.3) is 0 Å². The van der Waals surface area contributed by atoms with E-state index in [1.54, 1.807) is 0 Å². The molecule has 3 rings (SSSR count). The van der Waals surface area contributed by atoms with Gasteiger partial charge in [-0.1, -0.05) is 25.0 Å². The highest BCUT2D eigenvalue weighted by Gasteiger charge is 2.23. The first-order chi connectivity index (χ1) is 8.86. The number of aliphatic hydroxyl groups is 1. The molecule has 2 aliphatic rings. The summed E-state index contributed by atoms with van der Waals surface area (Å²) in [7, 11) is 0. The van der Waals surface area contributed by atoms with Crippen LogP contribution in [0.4, 0.5) is 5.69 Å². The Morgan fingerprint density at radius 2 is 2.06 bits per heavy atom. The normalized spacial score (nSPS) is 19.5. The zero-order valence-electron chi connectivity index (χ0n) is 11.1. The lowest BCUT2D eigenvalue weighted by atomic mass is 10.1. The van der Waals surface area contributed by atoms with E-state index in [0.717, 1.165) is 12.3 Å². The van der Waals surface area contributed by atoms with Gasteiger partial charge >= 0.3 is 0 Å². The fourth-order valence-corrected chi connectivity index (χ4v) is 3.50. The number of hydrogen-bond donors (Lipinski definition) is 1. The van der Waals surface area contributed by atoms with Crippen molar-refractivity contribution in [2.24, 2.45) is 5.92 Å². The Bertz CT molecular complexity index is 410. The fourth-order valence-electron chi connectivity index (χ4n) is 3.50. The number of benzene rings is 1. The number of hydrogen-bond acceptors (Lipinski definition) is 2. The van der Waals surface area contributed by atoms with E-state index in [1.807, 2.05) is 0 Å². The number of aliphatic hydroxyl groups excluding tert-OH is 1. The molecule has 1 aliphatic heterocycles. The van der Waals surface area contributed by atoms with Crippen LogP contribution in [0.2, 0.25) is 0 Å². The third-order valence-electron chi connectivity index (χ3n) is 4.49. The monoisotopic (exact) mass is 245 g/mol. The van der Waals surface area contributed by atoms with Crippen molar-refractivity contribution in [1.29, 1.82) is 0 Å². The molecule has 18 heavy (non-hydrogen) atoms. The summed E-state index contributed by atoms with van der Waals surface area (Å²) >= 11 is 0. The number of anilines is 1. The standard InChI is InChI=1S/C16H23NO/c18-10-8-13-5-6-16-15(11-13)7-9-17(16)12-14-3-1-2-4-14/h5-6,11,14,18H,1-4,7-10,12H2. The summed E-state index contributed by atoms with van der Waals surface area (Å²) in [6.07, 6.45) is 7.68. The lowest BCUT2D eigenvalue weighted by Crippen LogP contribution is -2.26. The van der Waals surface area contributed by atoms with E-state index in [9.17, 15) is 0 Å². The first-order valence-electron chi connectivity index (χ1n) is 7.34. The zero-order chi connectivity index (χ0) is 12.4. The summed E-state index contributed by atoms with van der Waals surface area (Å²) in [5.74, 6) is 0.924. The van der Waals surface area contributed by atoms with Gasteiger partial charge in [-0.15, -0.1) is 0 Å². The molecule has 1 fully saturated rings. The van der Waals surface area contributed by atoms with Crippen molar-refractivity contribution in [3.05, 3.63) is 29.3 Å². The molecule has 1 aromatic carbocycles. The quantitative estimate of drug-likeness (QED) is 0.881. The van der Waals surface area contributed by atoms with Crippen LogP contribution >= 0.6 is 0 Å². The summed E-state index contributed by atoms with van der Waals surface area (Å²) in [6, 6.07) is 6.74. The molecule has 1 aromatic rings. The van der Waals surface area contributed by atoms with Crippen molar-refractivity contribution in [3.8, 4) is 0 Å². The van der Waals surface area contributed by atoms with E-state index >= 15 is 0 Å². The van der Waals surface area contributed by atoms with E-state index in [0.29, 0.717) is 0 Å². The molecule has 0 spiro atoms. The maximum atomic E-state index is 9.00. The van der Waals surface area contributed by atoms with Gasteiger partial charge in [0.2, 0.25) is 0 Å². The SMILES string of the molecule is OCCc1ccc2c(c1)CCN2CC1CCCC1. The second-order valence-corrected chi connectivity index (χ2v) is 5.78. The molecule has 2 heteroatoms. The third kappa shape index (κ3) is 2.39. The molecule has 0 saturated heterocycles. The predicted molar refractivity (Wildman–Crippen MR) is 75.1 cm³/mol. The van der Waals surface area contributed by atoms with Gasteiger partial charge in [-0.2, -0.15) is 0 Å². The highest BCUT2D eigenvalue weighted by atomic mass is 16.2. The Hall–Kier alpha value is -1.02. The van der Waals surface area contributed by atoms with Crippen LogP contribution in [-0.4, -0.2) is 24.8 Å². The van der Waals surface area contributed by atoms with E-state index in [2.05, 4.69) is 23.1 Å². The van der Waals surface area contributed by atoms with Gasteiger partial charge in [0.1, 0.15) is 0 Å². The third-order valence-corrected chi connectivity index (χ3v) is 4.49. The Labute approximate surface area is 110 Å². The molecule has 0 aromatic heterocycles. The summed E-state index contributed by atoms with van der Waals surface area (Å²) in [6.45, 7) is 2.70. The van der Waals surface area contributed by atoms with Crippen LogP contribution in [0.3, 0.4) is 0 Å². The van der Waals surface area contributed by atoms with Crippen LogP contribution in [-0.2, 0) is 12.8 Å². The highest BCUT2D eigenvalue weighted by molar-refractivity contribution is 5.59. The molecule has 0 amide bonds. The van der Waals surface area contributed by atoms with Crippen molar-refractivity contribution in [3.63, 3.8) is 0 Å². The molecule has 1 aliphatic carbocycles. The van der Waals surface area contributed by atoms with Gasteiger partial charge in [0.05, 0.1) is 0 Å². The van der Waals surface area contributed by atoms with Crippen LogP contribution in [0.15, 0.2) is 18.2 Å². The molecule has 98 valence electrons. The minimum absolute atomic E-state index is 0.255. The van der Waals surface area contributed by atoms with Crippen molar-refractivity contribution < 1.29 is 5.11 Å². The second kappa shape index (κ2) is 5.31. The van der Waals surface area contributed by atoms with Gasteiger partial charge in [0.15, 0.2) is 0 Å². The maximum absolute atomic E-state index is 9.00. The lowest BCUT2D eigenvalue weighted by Gasteiger charge is -2.23. The molecular weight excluding hydrogens is 222 g/mol. The maximum Gasteiger partial charge on any atom is 0.0471 e. The summed E-state index contributed by atoms with van der Waals surface area (Å²) in [5.41, 5.74) is 4.21. The average Bonchev–Trinajstić information content (AvgIpc) is 3.00. The number of nitrogens with zero attached hydrogens (tertiary/aromatic N) is 1. The molecular formula is C16H23NO. The highest BCUT2D eigenvalue weighted by Crippen LogP contribution is 2.33. The van der Waals surface area contributed by atoms with E-state index in [-0.39, 0.29) is 6.61 Å². The topological polar surface area (TPSA) is 23.5 Å². The van der Waals surface area contributed by atoms with Crippen LogP contribution < -0.4 is 4.90 Å². The summed E-state index contributed by atoms with van der Waals surface area (Å²) in [4.78, 5) is 2.58. The Morgan fingerprint density at radius 3 is 2.83 bits per heavy atom. The molecule has 2 nitrogen and oxygen atoms in total. The van der Waals surface area contributed by atoms with Crippen molar-refractivity contribution in [2.75, 3.05) is 24.6 Å². The number of fused-ring (bicyclic) bond motifs is 1. The molecule has 1 heterocycles. The van der Waals surface area contributed by atoms with Gasteiger partial charge in [-0.05, 0) is 48.8 Å². The predicted octanol–water partition coefficient (Wildman–Crippen LogP) is 2.77. The van der Waals surface area contributed by atoms with E-state index in [4.69, 9.17) is 5.11 Å². The zero-order valence-corrected chi connectivity index (χ0v) is 11.1. The molecule has 0 atom stereocenters. The molecule has 0 unspecified atom stereocenters. The van der Waals surface area contributed by atoms with E-state index < -0.39 is 0 Å². The second-order valence-electron chi connectivity index (χ2n) is 5.78. The Kier molecular flexibility index (Phi) is 3.55. The minimum Gasteiger partial charge on any atom is -0.396 e. The van der Waals surface area contributed by atoms with Crippen molar-refractivity contribution in [2.45, 2.75) is 38.5 Å². The Morgan fingerprint density at radius 1 is 1.22 bits per heavy atom. The molecule has 1 N–H and O–H groups in total. The van der Waals surface area contributed by atoms with Crippen molar-refractivity contribution >= 4 is 5.69 Å². The van der Waals surface area contributed by atoms with Gasteiger partial charge in [0.25, 0.3) is 0 Å². The Balaban J connectivity index is 1.71. The molecule has 0 bridgehead atoms. The fraction of sp³-hybridized carbons (Fsp3) is 0.625. The first kappa shape index (κ1) is 12.0. The van der Waals surface area contributed by atoms with E-state index in [1.165, 1.54) is 62.0 Å². The van der Waals surface area contributed by atoms with Crippen LogP contribution in [0.5, 0.6) is 0 Å². The lowest BCUT2D eigenvalue weighted by molar-refractivity contribution is 0.299. The van der Waals surface area contributed by atoms with Gasteiger partial charge < -0.3 is 10.0 Å². The van der Waals surface area contributed by atoms with Crippen LogP contribution in [0.1, 0.15) is 36.8 Å². The summed E-state index contributed by atoms with van der Waals surface area (Å²) < 4.78 is 0. The number of rotatable bonds is 4. The van der Waals surface area contributed by atoms with Gasteiger partial charge in [0, 0.05) is 25.4 Å². The van der Waals surface area contributed by atoms with Gasteiger partial charge in [-0.25, -0.2) is 0 Å². The molecule has 0 radical (unpaired) electrons. The average molecular weight is 245 g/mol. The van der Waals surface area contributed by atoms with Gasteiger partial charge in [-0.3, -0.25) is 0 Å². The smallest absolute Gasteiger partial charge is 0.0471 e. The first-order valence-corrected chi connectivity index (χ1v) is 7.34. The van der Waals surface area contributed by atoms with Crippen LogP contribution in [0, 0.1) is 5.92 Å². The summed E-state index contributed by atoms with van der Waals surface area (Å²) in [5, 5.41) is 9.00. The minimum atomic E-state index is 0.255. The largest absolute Gasteiger partial charge is 0.396 e. The molecule has 1 saturated carbocycles. The van der Waals surface area contributed by atoms with Crippen molar-refractivity contribution in [1.82, 2.24) is 0 Å².